The van der Waals surface area contributed by atoms with Crippen molar-refractivity contribution in [1.82, 2.24) is 5.32 Å². The lowest BCUT2D eigenvalue weighted by Crippen LogP contribution is -2.29. The molecule has 0 saturated heterocycles. The van der Waals surface area contributed by atoms with E-state index in [4.69, 9.17) is 4.55 Å². The molecule has 0 heterocycles. The minimum Gasteiger partial charge on any atom is -0.462 e. The number of nitrogens with one attached hydrogen (secondary N) is 1. The van der Waals surface area contributed by atoms with Crippen molar-refractivity contribution in [3.8, 4) is 0 Å². The van der Waals surface area contributed by atoms with Crippen molar-refractivity contribution >= 4 is 28.0 Å². The van der Waals surface area contributed by atoms with Crippen molar-refractivity contribution in [2.45, 2.75) is 12.8 Å². The molecule has 0 aromatic heterocycles. The predicted molar refractivity (Wildman–Crippen MR) is 70.8 cm³/mol. The molecular weight excluding hydrogens is 306 g/mol. The molecule has 0 radical (unpaired) electrons. The fourth-order valence-corrected chi connectivity index (χ4v) is 1.41. The van der Waals surface area contributed by atoms with E-state index in [9.17, 15) is 22.8 Å². The second-order valence-corrected chi connectivity index (χ2v) is 5.30. The zero-order valence-electron chi connectivity index (χ0n) is 11.2. The number of esters is 2. The van der Waals surface area contributed by atoms with Gasteiger partial charge in [0.2, 0.25) is 5.91 Å². The molecule has 0 aliphatic heterocycles. The SMILES string of the molecule is C=CC(=O)OCCOC(=O)CCC(=O)NCCS(=O)(=O)O. The molecule has 0 rings (SSSR count). The summed E-state index contributed by atoms with van der Waals surface area (Å²) in [6, 6.07) is 0. The normalized spacial score (nSPS) is 10.5. The monoisotopic (exact) mass is 323 g/mol. The lowest BCUT2D eigenvalue weighted by atomic mass is 10.3. The lowest BCUT2D eigenvalue weighted by molar-refractivity contribution is -0.150. The highest BCUT2D eigenvalue weighted by Gasteiger charge is 2.10. The number of carbonyl (C=O) groups is 3. The van der Waals surface area contributed by atoms with Crippen LogP contribution in [0.1, 0.15) is 12.8 Å². The number of rotatable bonds is 10. The van der Waals surface area contributed by atoms with Gasteiger partial charge in [-0.3, -0.25) is 14.1 Å². The number of carbonyl (C=O) groups excluding carboxylic acids is 3. The second-order valence-electron chi connectivity index (χ2n) is 3.73. The van der Waals surface area contributed by atoms with Crippen molar-refractivity contribution in [3.05, 3.63) is 12.7 Å². The topological polar surface area (TPSA) is 136 Å². The summed E-state index contributed by atoms with van der Waals surface area (Å²) in [6.45, 7) is 2.69. The molecule has 0 bridgehead atoms. The maximum Gasteiger partial charge on any atom is 0.330 e. The van der Waals surface area contributed by atoms with Crippen LogP contribution in [0.25, 0.3) is 0 Å². The van der Waals surface area contributed by atoms with Crippen LogP contribution in [0.2, 0.25) is 0 Å². The molecule has 0 atom stereocenters. The molecule has 0 aliphatic carbocycles. The minimum atomic E-state index is -4.13. The van der Waals surface area contributed by atoms with E-state index in [1.54, 1.807) is 0 Å². The number of ether oxygens (including phenoxy) is 2. The Morgan fingerprint density at radius 1 is 1.14 bits per heavy atom. The molecule has 0 aliphatic rings. The van der Waals surface area contributed by atoms with Crippen molar-refractivity contribution < 1.29 is 36.8 Å². The van der Waals surface area contributed by atoms with Gasteiger partial charge in [0, 0.05) is 19.0 Å². The minimum absolute atomic E-state index is 0.114. The first-order chi connectivity index (χ1) is 9.74. The molecule has 0 aromatic carbocycles. The Balaban J connectivity index is 3.66. The molecule has 0 saturated carbocycles. The molecule has 0 unspecified atom stereocenters. The van der Waals surface area contributed by atoms with Crippen LogP contribution in [0.3, 0.4) is 0 Å². The van der Waals surface area contributed by atoms with Crippen LogP contribution < -0.4 is 5.32 Å². The summed E-state index contributed by atoms with van der Waals surface area (Å²) in [5, 5.41) is 2.22. The highest BCUT2D eigenvalue weighted by molar-refractivity contribution is 7.85. The Hall–Kier alpha value is -1.94. The first-order valence-electron chi connectivity index (χ1n) is 5.91. The Morgan fingerprint density at radius 2 is 1.76 bits per heavy atom. The fraction of sp³-hybridized carbons (Fsp3) is 0.545. The van der Waals surface area contributed by atoms with E-state index >= 15 is 0 Å². The van der Waals surface area contributed by atoms with E-state index in [1.807, 2.05) is 0 Å². The van der Waals surface area contributed by atoms with Gasteiger partial charge in [0.25, 0.3) is 10.1 Å². The Morgan fingerprint density at radius 3 is 2.33 bits per heavy atom. The van der Waals surface area contributed by atoms with Crippen LogP contribution in [-0.4, -0.2) is 56.3 Å². The van der Waals surface area contributed by atoms with E-state index in [-0.39, 0.29) is 32.6 Å². The zero-order chi connectivity index (χ0) is 16.3. The third-order valence-corrected chi connectivity index (χ3v) is 2.72. The van der Waals surface area contributed by atoms with E-state index in [0.717, 1.165) is 6.08 Å². The van der Waals surface area contributed by atoms with Gasteiger partial charge in [0.1, 0.15) is 13.2 Å². The van der Waals surface area contributed by atoms with Gasteiger partial charge < -0.3 is 14.8 Å². The summed E-state index contributed by atoms with van der Waals surface area (Å²) < 4.78 is 38.4. The Labute approximate surface area is 122 Å². The number of hydrogen-bond donors (Lipinski definition) is 2. The highest BCUT2D eigenvalue weighted by atomic mass is 32.2. The van der Waals surface area contributed by atoms with E-state index in [2.05, 4.69) is 21.4 Å². The summed E-state index contributed by atoms with van der Waals surface area (Å²) in [5.74, 6) is -2.44. The highest BCUT2D eigenvalue weighted by Crippen LogP contribution is 1.94. The van der Waals surface area contributed by atoms with E-state index in [0.29, 0.717) is 0 Å². The largest absolute Gasteiger partial charge is 0.462 e. The van der Waals surface area contributed by atoms with Crippen LogP contribution in [0.5, 0.6) is 0 Å². The van der Waals surface area contributed by atoms with Crippen molar-refractivity contribution in [2.75, 3.05) is 25.5 Å². The van der Waals surface area contributed by atoms with Crippen LogP contribution >= 0.6 is 0 Å². The zero-order valence-corrected chi connectivity index (χ0v) is 12.1. The van der Waals surface area contributed by atoms with Crippen molar-refractivity contribution in [2.24, 2.45) is 0 Å². The first kappa shape index (κ1) is 19.1. The summed E-state index contributed by atoms with van der Waals surface area (Å²) in [5.41, 5.74) is 0. The smallest absolute Gasteiger partial charge is 0.330 e. The standard InChI is InChI=1S/C11H17NO8S/c1-2-10(14)19-6-7-20-11(15)4-3-9(13)12-5-8-21(16,17)18/h2H,1,3-8H2,(H,12,13)(H,16,17,18). The van der Waals surface area contributed by atoms with Gasteiger partial charge >= 0.3 is 11.9 Å². The Bertz CT molecular complexity index is 484. The molecule has 21 heavy (non-hydrogen) atoms. The summed E-state index contributed by atoms with van der Waals surface area (Å²) in [4.78, 5) is 33.1. The third kappa shape index (κ3) is 12.8. The molecule has 1 amide bonds. The fourth-order valence-electron chi connectivity index (χ4n) is 1.05. The lowest BCUT2D eigenvalue weighted by Gasteiger charge is -2.05. The maximum absolute atomic E-state index is 11.2. The summed E-state index contributed by atoms with van der Waals surface area (Å²) in [7, 11) is -4.13. The second kappa shape index (κ2) is 9.88. The van der Waals surface area contributed by atoms with Gasteiger partial charge in [-0.2, -0.15) is 8.42 Å². The average molecular weight is 323 g/mol. The van der Waals surface area contributed by atoms with Crippen LogP contribution in [-0.2, 0) is 34.0 Å². The molecule has 120 valence electrons. The Kier molecular flexibility index (Phi) is 8.97. The third-order valence-electron chi connectivity index (χ3n) is 2.00. The average Bonchev–Trinajstić information content (AvgIpc) is 2.39. The molecule has 10 heteroatoms. The van der Waals surface area contributed by atoms with E-state index < -0.39 is 33.7 Å². The summed E-state index contributed by atoms with van der Waals surface area (Å²) >= 11 is 0. The van der Waals surface area contributed by atoms with Gasteiger partial charge in [0.05, 0.1) is 12.2 Å². The maximum atomic E-state index is 11.2. The van der Waals surface area contributed by atoms with Gasteiger partial charge in [-0.1, -0.05) is 6.58 Å². The molecule has 2 N–H and O–H groups in total. The molecular formula is C11H17NO8S. The predicted octanol–water partition coefficient (Wildman–Crippen LogP) is -0.957. The summed E-state index contributed by atoms with van der Waals surface area (Å²) in [6.07, 6.45) is 0.586. The first-order valence-corrected chi connectivity index (χ1v) is 7.52. The van der Waals surface area contributed by atoms with Gasteiger partial charge in [-0.05, 0) is 0 Å². The van der Waals surface area contributed by atoms with Crippen LogP contribution in [0, 0.1) is 0 Å². The van der Waals surface area contributed by atoms with Gasteiger partial charge in [0.15, 0.2) is 0 Å². The van der Waals surface area contributed by atoms with Crippen molar-refractivity contribution in [3.63, 3.8) is 0 Å². The molecule has 9 nitrogen and oxygen atoms in total. The van der Waals surface area contributed by atoms with Gasteiger partial charge in [-0.15, -0.1) is 0 Å². The van der Waals surface area contributed by atoms with Crippen LogP contribution in [0.4, 0.5) is 0 Å². The number of hydrogen-bond acceptors (Lipinski definition) is 7. The van der Waals surface area contributed by atoms with Crippen LogP contribution in [0.15, 0.2) is 12.7 Å². The molecule has 0 aromatic rings. The quantitative estimate of drug-likeness (QED) is 0.227. The molecule has 0 spiro atoms. The van der Waals surface area contributed by atoms with Gasteiger partial charge in [-0.25, -0.2) is 4.79 Å². The van der Waals surface area contributed by atoms with Crippen molar-refractivity contribution in [1.29, 1.82) is 0 Å². The van der Waals surface area contributed by atoms with E-state index in [1.165, 1.54) is 0 Å². The molecule has 0 fully saturated rings. The number of amides is 1.